The van der Waals surface area contributed by atoms with Gasteiger partial charge in [0.25, 0.3) is 0 Å². The number of benzene rings is 1. The number of nitrogens with two attached hydrogens (primary N) is 1. The SMILES string of the molecule is C=CN(N)/C(CC(C)N1CCc2ccccc2[C@H]1C)=N\CC. The van der Waals surface area contributed by atoms with Gasteiger partial charge < -0.3 is 0 Å². The van der Waals surface area contributed by atoms with Gasteiger partial charge in [0.1, 0.15) is 5.84 Å². The number of hydrazine groups is 1. The number of hydrogen-bond donors (Lipinski definition) is 1. The van der Waals surface area contributed by atoms with Gasteiger partial charge in [-0.3, -0.25) is 14.9 Å². The highest BCUT2D eigenvalue weighted by molar-refractivity contribution is 5.83. The number of rotatable bonds is 5. The summed E-state index contributed by atoms with van der Waals surface area (Å²) in [4.78, 5) is 7.06. The predicted octanol–water partition coefficient (Wildman–Crippen LogP) is 3.12. The van der Waals surface area contributed by atoms with Crippen LogP contribution >= 0.6 is 0 Å². The summed E-state index contributed by atoms with van der Waals surface area (Å²) in [5, 5.41) is 1.54. The number of aliphatic imine (C=N–C) groups is 1. The molecule has 0 bridgehead atoms. The van der Waals surface area contributed by atoms with Crippen LogP contribution in [0.25, 0.3) is 0 Å². The molecular formula is C18H28N4. The third-order valence-corrected chi connectivity index (χ3v) is 4.52. The van der Waals surface area contributed by atoms with E-state index in [1.165, 1.54) is 11.1 Å². The van der Waals surface area contributed by atoms with Crippen LogP contribution < -0.4 is 5.84 Å². The zero-order chi connectivity index (χ0) is 16.1. The van der Waals surface area contributed by atoms with Gasteiger partial charge in [-0.25, -0.2) is 5.84 Å². The summed E-state index contributed by atoms with van der Waals surface area (Å²) in [7, 11) is 0. The molecule has 2 atom stereocenters. The monoisotopic (exact) mass is 300 g/mol. The van der Waals surface area contributed by atoms with E-state index in [0.717, 1.165) is 31.8 Å². The van der Waals surface area contributed by atoms with Crippen LogP contribution in [0.2, 0.25) is 0 Å². The van der Waals surface area contributed by atoms with Gasteiger partial charge in [-0.15, -0.1) is 0 Å². The third-order valence-electron chi connectivity index (χ3n) is 4.52. The molecule has 0 aliphatic carbocycles. The maximum atomic E-state index is 5.96. The summed E-state index contributed by atoms with van der Waals surface area (Å²) >= 11 is 0. The van der Waals surface area contributed by atoms with Crippen molar-refractivity contribution in [2.45, 2.75) is 45.7 Å². The molecule has 0 aromatic heterocycles. The molecule has 0 spiro atoms. The van der Waals surface area contributed by atoms with Crippen molar-refractivity contribution in [2.75, 3.05) is 13.1 Å². The zero-order valence-electron chi connectivity index (χ0n) is 14.0. The second-order valence-corrected chi connectivity index (χ2v) is 5.90. The maximum absolute atomic E-state index is 5.96. The van der Waals surface area contributed by atoms with E-state index in [2.05, 4.69) is 54.6 Å². The Bertz CT molecular complexity index is 538. The molecule has 4 heteroatoms. The standard InChI is InChI=1S/C18H28N4/c1-5-20-18(22(19)6-2)13-14(3)21-12-11-16-9-7-8-10-17(16)15(21)4/h6-10,14-15H,2,5,11-13,19H2,1,3-4H3/b20-18-/t14?,15-/m1/s1. The summed E-state index contributed by atoms with van der Waals surface area (Å²) in [5.74, 6) is 6.86. The minimum atomic E-state index is 0.389. The quantitative estimate of drug-likeness (QED) is 0.393. The van der Waals surface area contributed by atoms with Crippen molar-refractivity contribution in [3.8, 4) is 0 Å². The van der Waals surface area contributed by atoms with Crippen molar-refractivity contribution >= 4 is 5.84 Å². The largest absolute Gasteiger partial charge is 0.293 e. The minimum Gasteiger partial charge on any atom is -0.293 e. The van der Waals surface area contributed by atoms with Gasteiger partial charge in [-0.05, 0) is 38.3 Å². The minimum absolute atomic E-state index is 0.389. The summed E-state index contributed by atoms with van der Waals surface area (Å²) in [6.07, 6.45) is 3.57. The van der Waals surface area contributed by atoms with Crippen molar-refractivity contribution in [1.82, 2.24) is 9.91 Å². The topological polar surface area (TPSA) is 44.9 Å². The maximum Gasteiger partial charge on any atom is 0.119 e. The molecule has 1 unspecified atom stereocenters. The van der Waals surface area contributed by atoms with Gasteiger partial charge in [0.15, 0.2) is 0 Å². The Hall–Kier alpha value is -1.65. The van der Waals surface area contributed by atoms with Gasteiger partial charge in [0.2, 0.25) is 0 Å². The summed E-state index contributed by atoms with van der Waals surface area (Å²) in [6, 6.07) is 9.58. The number of fused-ring (bicyclic) bond motifs is 1. The number of nitrogens with zero attached hydrogens (tertiary/aromatic N) is 3. The fraction of sp³-hybridized carbons (Fsp3) is 0.500. The molecule has 22 heavy (non-hydrogen) atoms. The van der Waals surface area contributed by atoms with Gasteiger partial charge >= 0.3 is 0 Å². The van der Waals surface area contributed by atoms with Crippen LogP contribution in [0.5, 0.6) is 0 Å². The summed E-state index contributed by atoms with van der Waals surface area (Å²) in [6.45, 7) is 12.1. The Balaban J connectivity index is 2.12. The lowest BCUT2D eigenvalue weighted by Gasteiger charge is -2.40. The van der Waals surface area contributed by atoms with E-state index in [4.69, 9.17) is 5.84 Å². The Morgan fingerprint density at radius 3 is 2.95 bits per heavy atom. The molecule has 0 saturated heterocycles. The molecule has 0 saturated carbocycles. The first kappa shape index (κ1) is 16.7. The third kappa shape index (κ3) is 3.57. The lowest BCUT2D eigenvalue weighted by Crippen LogP contribution is -2.44. The van der Waals surface area contributed by atoms with E-state index in [0.29, 0.717) is 12.1 Å². The first-order valence-corrected chi connectivity index (χ1v) is 8.11. The fourth-order valence-electron chi connectivity index (χ4n) is 3.31. The first-order valence-electron chi connectivity index (χ1n) is 8.11. The normalized spacial score (nSPS) is 20.4. The van der Waals surface area contributed by atoms with Crippen LogP contribution in [0, 0.1) is 0 Å². The Kier molecular flexibility index (Phi) is 5.75. The van der Waals surface area contributed by atoms with Gasteiger partial charge in [-0.1, -0.05) is 30.8 Å². The molecule has 4 nitrogen and oxygen atoms in total. The highest BCUT2D eigenvalue weighted by Gasteiger charge is 2.28. The average Bonchev–Trinajstić information content (AvgIpc) is 2.54. The molecule has 0 fully saturated rings. The van der Waals surface area contributed by atoms with Crippen LogP contribution in [-0.2, 0) is 6.42 Å². The fourth-order valence-corrected chi connectivity index (χ4v) is 3.31. The van der Waals surface area contributed by atoms with E-state index in [9.17, 15) is 0 Å². The molecule has 1 heterocycles. The second-order valence-electron chi connectivity index (χ2n) is 5.90. The van der Waals surface area contributed by atoms with Crippen molar-refractivity contribution in [3.05, 3.63) is 48.2 Å². The Labute approximate surface area is 134 Å². The summed E-state index contributed by atoms with van der Waals surface area (Å²) < 4.78 is 0. The highest BCUT2D eigenvalue weighted by Crippen LogP contribution is 2.31. The van der Waals surface area contributed by atoms with Crippen molar-refractivity contribution in [3.63, 3.8) is 0 Å². The van der Waals surface area contributed by atoms with E-state index < -0.39 is 0 Å². The van der Waals surface area contributed by atoms with Gasteiger partial charge in [-0.2, -0.15) is 0 Å². The Morgan fingerprint density at radius 2 is 2.27 bits per heavy atom. The van der Waals surface area contributed by atoms with Crippen LogP contribution in [0.4, 0.5) is 0 Å². The van der Waals surface area contributed by atoms with Crippen molar-refractivity contribution in [2.24, 2.45) is 10.8 Å². The van der Waals surface area contributed by atoms with Crippen LogP contribution in [0.3, 0.4) is 0 Å². The molecule has 1 aromatic carbocycles. The Morgan fingerprint density at radius 1 is 1.55 bits per heavy atom. The zero-order valence-corrected chi connectivity index (χ0v) is 14.0. The van der Waals surface area contributed by atoms with Crippen molar-refractivity contribution in [1.29, 1.82) is 0 Å². The molecule has 1 aromatic rings. The molecule has 0 amide bonds. The average molecular weight is 300 g/mol. The molecular weight excluding hydrogens is 272 g/mol. The summed E-state index contributed by atoms with van der Waals surface area (Å²) in [5.41, 5.74) is 2.93. The predicted molar refractivity (Wildman–Crippen MR) is 93.5 cm³/mol. The van der Waals surface area contributed by atoms with Crippen LogP contribution in [-0.4, -0.2) is 34.9 Å². The molecule has 0 radical (unpaired) electrons. The lowest BCUT2D eigenvalue weighted by molar-refractivity contribution is 0.146. The van der Waals surface area contributed by atoms with Gasteiger partial charge in [0.05, 0.1) is 0 Å². The molecule has 120 valence electrons. The smallest absolute Gasteiger partial charge is 0.119 e. The van der Waals surface area contributed by atoms with Gasteiger partial charge in [0, 0.05) is 37.8 Å². The van der Waals surface area contributed by atoms with Crippen molar-refractivity contribution < 1.29 is 0 Å². The number of hydrogen-bond acceptors (Lipinski definition) is 3. The second kappa shape index (κ2) is 7.56. The molecule has 1 aliphatic rings. The molecule has 2 rings (SSSR count). The first-order chi connectivity index (χ1) is 10.6. The molecule has 2 N–H and O–H groups in total. The number of amidine groups is 1. The van der Waals surface area contributed by atoms with E-state index in [1.807, 2.05) is 6.92 Å². The van der Waals surface area contributed by atoms with E-state index in [1.54, 1.807) is 11.2 Å². The lowest BCUT2D eigenvalue weighted by atomic mass is 9.92. The highest BCUT2D eigenvalue weighted by atomic mass is 15.4. The molecule has 1 aliphatic heterocycles. The van der Waals surface area contributed by atoms with Crippen LogP contribution in [0.1, 0.15) is 44.4 Å². The van der Waals surface area contributed by atoms with E-state index >= 15 is 0 Å². The van der Waals surface area contributed by atoms with Crippen LogP contribution in [0.15, 0.2) is 42.0 Å². The van der Waals surface area contributed by atoms with E-state index in [-0.39, 0.29) is 0 Å².